The minimum absolute atomic E-state index is 0.0477. The number of ketones is 1. The van der Waals surface area contributed by atoms with E-state index in [1.54, 1.807) is 17.8 Å². The molecule has 1 atom stereocenters. The van der Waals surface area contributed by atoms with Gasteiger partial charge in [-0.2, -0.15) is 11.8 Å². The predicted molar refractivity (Wildman–Crippen MR) is 62.7 cm³/mol. The van der Waals surface area contributed by atoms with Crippen LogP contribution in [-0.4, -0.2) is 24.4 Å². The van der Waals surface area contributed by atoms with E-state index >= 15 is 0 Å². The van der Waals surface area contributed by atoms with Crippen molar-refractivity contribution in [1.82, 2.24) is 0 Å². The maximum atomic E-state index is 13.4. The SMILES string of the molecule is COc1ccc(C(=O)C2CCSC2)cc1F. The third kappa shape index (κ3) is 2.21. The smallest absolute Gasteiger partial charge is 0.166 e. The Balaban J connectivity index is 2.20. The van der Waals surface area contributed by atoms with Crippen molar-refractivity contribution in [2.75, 3.05) is 18.6 Å². The molecule has 0 aromatic heterocycles. The van der Waals surface area contributed by atoms with E-state index in [0.29, 0.717) is 5.56 Å². The molecule has 1 saturated heterocycles. The van der Waals surface area contributed by atoms with E-state index in [4.69, 9.17) is 4.74 Å². The number of carbonyl (C=O) groups is 1. The summed E-state index contributed by atoms with van der Waals surface area (Å²) < 4.78 is 18.2. The van der Waals surface area contributed by atoms with Gasteiger partial charge in [0.25, 0.3) is 0 Å². The van der Waals surface area contributed by atoms with Gasteiger partial charge in [-0.05, 0) is 30.4 Å². The second-order valence-corrected chi connectivity index (χ2v) is 4.92. The van der Waals surface area contributed by atoms with Crippen LogP contribution in [-0.2, 0) is 0 Å². The van der Waals surface area contributed by atoms with E-state index in [2.05, 4.69) is 0 Å². The van der Waals surface area contributed by atoms with E-state index in [1.165, 1.54) is 19.2 Å². The first-order valence-corrected chi connectivity index (χ1v) is 6.33. The molecule has 2 nitrogen and oxygen atoms in total. The van der Waals surface area contributed by atoms with Crippen molar-refractivity contribution >= 4 is 17.5 Å². The quantitative estimate of drug-likeness (QED) is 0.760. The van der Waals surface area contributed by atoms with Crippen molar-refractivity contribution < 1.29 is 13.9 Å². The average molecular weight is 240 g/mol. The van der Waals surface area contributed by atoms with Crippen LogP contribution in [0.1, 0.15) is 16.8 Å². The lowest BCUT2D eigenvalue weighted by Crippen LogP contribution is -2.14. The molecule has 0 spiro atoms. The molecular weight excluding hydrogens is 227 g/mol. The van der Waals surface area contributed by atoms with Crippen molar-refractivity contribution in [3.8, 4) is 5.75 Å². The number of Topliss-reactive ketones (excluding diaryl/α,β-unsaturated/α-hetero) is 1. The first kappa shape index (κ1) is 11.5. The molecule has 1 aliphatic rings. The maximum absolute atomic E-state index is 13.4. The van der Waals surface area contributed by atoms with Gasteiger partial charge in [0.2, 0.25) is 0 Å². The van der Waals surface area contributed by atoms with Crippen LogP contribution in [0.2, 0.25) is 0 Å². The second-order valence-electron chi connectivity index (χ2n) is 3.77. The van der Waals surface area contributed by atoms with E-state index in [0.717, 1.165) is 17.9 Å². The molecule has 86 valence electrons. The summed E-state index contributed by atoms with van der Waals surface area (Å²) in [5.41, 5.74) is 0.450. The highest BCUT2D eigenvalue weighted by Gasteiger charge is 2.24. The molecule has 0 radical (unpaired) electrons. The number of carbonyl (C=O) groups excluding carboxylic acids is 1. The molecule has 1 fully saturated rings. The summed E-state index contributed by atoms with van der Waals surface area (Å²) in [4.78, 5) is 12.0. The lowest BCUT2D eigenvalue weighted by Gasteiger charge is -2.08. The van der Waals surface area contributed by atoms with Crippen molar-refractivity contribution in [1.29, 1.82) is 0 Å². The fourth-order valence-electron chi connectivity index (χ4n) is 1.80. The Kier molecular flexibility index (Phi) is 3.49. The number of methoxy groups -OCH3 is 1. The van der Waals surface area contributed by atoms with E-state index in [-0.39, 0.29) is 17.5 Å². The highest BCUT2D eigenvalue weighted by atomic mass is 32.2. The molecule has 1 unspecified atom stereocenters. The van der Waals surface area contributed by atoms with E-state index < -0.39 is 5.82 Å². The fourth-order valence-corrected chi connectivity index (χ4v) is 3.02. The largest absolute Gasteiger partial charge is 0.494 e. The predicted octanol–water partition coefficient (Wildman–Crippen LogP) is 2.77. The summed E-state index contributed by atoms with van der Waals surface area (Å²) in [7, 11) is 1.41. The number of halogens is 1. The van der Waals surface area contributed by atoms with Gasteiger partial charge in [-0.1, -0.05) is 0 Å². The monoisotopic (exact) mass is 240 g/mol. The topological polar surface area (TPSA) is 26.3 Å². The number of thioether (sulfide) groups is 1. The van der Waals surface area contributed by atoms with Crippen LogP contribution in [0.15, 0.2) is 18.2 Å². The number of rotatable bonds is 3. The number of ether oxygens (including phenoxy) is 1. The zero-order valence-corrected chi connectivity index (χ0v) is 9.85. The van der Waals surface area contributed by atoms with Gasteiger partial charge in [-0.15, -0.1) is 0 Å². The highest BCUT2D eigenvalue weighted by molar-refractivity contribution is 7.99. The zero-order valence-electron chi connectivity index (χ0n) is 9.03. The molecule has 0 bridgehead atoms. The summed E-state index contributed by atoms with van der Waals surface area (Å²) in [6.07, 6.45) is 0.900. The zero-order chi connectivity index (χ0) is 11.5. The lowest BCUT2D eigenvalue weighted by atomic mass is 9.97. The summed E-state index contributed by atoms with van der Waals surface area (Å²) >= 11 is 1.78. The Hall–Kier alpha value is -1.03. The molecule has 0 N–H and O–H groups in total. The number of hydrogen-bond acceptors (Lipinski definition) is 3. The van der Waals surface area contributed by atoms with Crippen LogP contribution >= 0.6 is 11.8 Å². The van der Waals surface area contributed by atoms with Gasteiger partial charge in [0.05, 0.1) is 7.11 Å². The number of benzene rings is 1. The standard InChI is InChI=1S/C12H13FO2S/c1-15-11-3-2-8(6-10(11)13)12(14)9-4-5-16-7-9/h2-3,6,9H,4-5,7H2,1H3. The minimum atomic E-state index is -0.473. The third-order valence-corrected chi connectivity index (χ3v) is 3.90. The highest BCUT2D eigenvalue weighted by Crippen LogP contribution is 2.28. The van der Waals surface area contributed by atoms with Gasteiger partial charge in [0.1, 0.15) is 0 Å². The Morgan fingerprint density at radius 1 is 1.56 bits per heavy atom. The van der Waals surface area contributed by atoms with E-state index in [1.807, 2.05) is 0 Å². The summed E-state index contributed by atoms with van der Waals surface area (Å²) in [5, 5.41) is 0. The molecule has 1 aromatic rings. The Bertz CT molecular complexity index is 400. The van der Waals surface area contributed by atoms with Crippen LogP contribution < -0.4 is 4.74 Å². The minimum Gasteiger partial charge on any atom is -0.494 e. The fraction of sp³-hybridized carbons (Fsp3) is 0.417. The van der Waals surface area contributed by atoms with Crippen LogP contribution in [0.3, 0.4) is 0 Å². The van der Waals surface area contributed by atoms with Crippen molar-refractivity contribution in [2.45, 2.75) is 6.42 Å². The average Bonchev–Trinajstić information content (AvgIpc) is 2.81. The van der Waals surface area contributed by atoms with Crippen LogP contribution in [0.5, 0.6) is 5.75 Å². The molecule has 0 aliphatic carbocycles. The summed E-state index contributed by atoms with van der Waals surface area (Å²) in [5.74, 6) is 1.68. The molecule has 1 aliphatic heterocycles. The van der Waals surface area contributed by atoms with Crippen molar-refractivity contribution in [3.05, 3.63) is 29.6 Å². The van der Waals surface area contributed by atoms with Gasteiger partial charge in [-0.25, -0.2) is 4.39 Å². The van der Waals surface area contributed by atoms with Crippen molar-refractivity contribution in [2.24, 2.45) is 5.92 Å². The lowest BCUT2D eigenvalue weighted by molar-refractivity contribution is 0.0933. The molecule has 1 heterocycles. The number of hydrogen-bond donors (Lipinski definition) is 0. The van der Waals surface area contributed by atoms with Gasteiger partial charge in [-0.3, -0.25) is 4.79 Å². The molecule has 0 saturated carbocycles. The molecular formula is C12H13FO2S. The molecule has 16 heavy (non-hydrogen) atoms. The van der Waals surface area contributed by atoms with Gasteiger partial charge >= 0.3 is 0 Å². The summed E-state index contributed by atoms with van der Waals surface area (Å²) in [6, 6.07) is 4.40. The second kappa shape index (κ2) is 4.87. The molecule has 0 amide bonds. The normalized spacial score (nSPS) is 19.8. The van der Waals surface area contributed by atoms with Gasteiger partial charge in [0.15, 0.2) is 17.3 Å². The molecule has 2 rings (SSSR count). The first-order chi connectivity index (χ1) is 7.72. The van der Waals surface area contributed by atoms with Crippen LogP contribution in [0.25, 0.3) is 0 Å². The third-order valence-electron chi connectivity index (χ3n) is 2.74. The van der Waals surface area contributed by atoms with E-state index in [9.17, 15) is 9.18 Å². The molecule has 4 heteroatoms. The Morgan fingerprint density at radius 3 is 2.94 bits per heavy atom. The summed E-state index contributed by atoms with van der Waals surface area (Å²) in [6.45, 7) is 0. The van der Waals surface area contributed by atoms with Crippen molar-refractivity contribution in [3.63, 3.8) is 0 Å². The van der Waals surface area contributed by atoms with Crippen LogP contribution in [0, 0.1) is 11.7 Å². The first-order valence-electron chi connectivity index (χ1n) is 5.18. The van der Waals surface area contributed by atoms with Gasteiger partial charge in [0, 0.05) is 17.2 Å². The Morgan fingerprint density at radius 2 is 2.38 bits per heavy atom. The maximum Gasteiger partial charge on any atom is 0.166 e. The Labute approximate surface area is 98.2 Å². The van der Waals surface area contributed by atoms with Crippen LogP contribution in [0.4, 0.5) is 4.39 Å². The molecule has 1 aromatic carbocycles. The van der Waals surface area contributed by atoms with Gasteiger partial charge < -0.3 is 4.74 Å².